The number of pyridine rings is 1. The predicted molar refractivity (Wildman–Crippen MR) is 81.5 cm³/mol. The van der Waals surface area contributed by atoms with Crippen molar-refractivity contribution >= 4 is 29.1 Å². The van der Waals surface area contributed by atoms with E-state index in [1.54, 1.807) is 12.1 Å². The molecular weight excluding hydrogens is 297 g/mol. The third-order valence-electron chi connectivity index (χ3n) is 3.62. The van der Waals surface area contributed by atoms with Crippen LogP contribution in [0.3, 0.4) is 0 Å². The maximum Gasteiger partial charge on any atom is 0.271 e. The van der Waals surface area contributed by atoms with Crippen molar-refractivity contribution in [2.24, 2.45) is 0 Å². The second-order valence-electron chi connectivity index (χ2n) is 5.34. The van der Waals surface area contributed by atoms with E-state index < -0.39 is 0 Å². The molecule has 0 radical (unpaired) electrons. The van der Waals surface area contributed by atoms with E-state index in [9.17, 15) is 4.79 Å². The molecule has 1 aromatic rings. The molecule has 6 heteroatoms. The van der Waals surface area contributed by atoms with Crippen molar-refractivity contribution in [1.82, 2.24) is 15.2 Å². The first-order chi connectivity index (χ1) is 9.47. The summed E-state index contributed by atoms with van der Waals surface area (Å²) in [6, 6.07) is 3.89. The average Bonchev–Trinajstić information content (AvgIpc) is 2.42. The van der Waals surface area contributed by atoms with Gasteiger partial charge < -0.3 is 10.2 Å². The number of likely N-dealkylation sites (tertiary alicyclic amines) is 1. The highest BCUT2D eigenvalue weighted by Gasteiger charge is 2.23. The van der Waals surface area contributed by atoms with Gasteiger partial charge in [-0.15, -0.1) is 0 Å². The normalized spacial score (nSPS) is 17.4. The number of piperidine rings is 1. The molecule has 1 aliphatic heterocycles. The van der Waals surface area contributed by atoms with Gasteiger partial charge in [0.05, 0.1) is 5.02 Å². The Morgan fingerprint density at radius 2 is 2.00 bits per heavy atom. The van der Waals surface area contributed by atoms with Crippen LogP contribution in [0.5, 0.6) is 0 Å². The van der Waals surface area contributed by atoms with Crippen LogP contribution in [-0.2, 0) is 0 Å². The van der Waals surface area contributed by atoms with Crippen LogP contribution in [0.15, 0.2) is 12.1 Å². The fraction of sp³-hybridized carbons (Fsp3) is 0.571. The van der Waals surface area contributed by atoms with Gasteiger partial charge in [0.1, 0.15) is 10.8 Å². The zero-order valence-corrected chi connectivity index (χ0v) is 13.2. The molecule has 2 rings (SSSR count). The molecule has 1 amide bonds. The standard InChI is InChI=1S/C14H19Cl2N3O/c1-9(2)19-7-5-10(6-8-19)17-14(20)13-11(15)3-4-12(16)18-13/h3-4,9-10H,5-8H2,1-2H3,(H,17,20). The summed E-state index contributed by atoms with van der Waals surface area (Å²) < 4.78 is 0. The highest BCUT2D eigenvalue weighted by Crippen LogP contribution is 2.18. The van der Waals surface area contributed by atoms with Gasteiger partial charge >= 0.3 is 0 Å². The minimum Gasteiger partial charge on any atom is -0.348 e. The Hall–Kier alpha value is -0.840. The van der Waals surface area contributed by atoms with Crippen molar-refractivity contribution in [3.8, 4) is 0 Å². The molecule has 20 heavy (non-hydrogen) atoms. The number of halogens is 2. The Morgan fingerprint density at radius 1 is 1.35 bits per heavy atom. The summed E-state index contributed by atoms with van der Waals surface area (Å²) in [5, 5.41) is 3.59. The molecule has 0 bridgehead atoms. The lowest BCUT2D eigenvalue weighted by atomic mass is 10.0. The highest BCUT2D eigenvalue weighted by atomic mass is 35.5. The highest BCUT2D eigenvalue weighted by molar-refractivity contribution is 6.34. The first-order valence-electron chi connectivity index (χ1n) is 6.84. The van der Waals surface area contributed by atoms with E-state index in [0.29, 0.717) is 11.1 Å². The smallest absolute Gasteiger partial charge is 0.271 e. The first kappa shape index (κ1) is 15.5. The molecule has 0 saturated carbocycles. The lowest BCUT2D eigenvalue weighted by molar-refractivity contribution is 0.0896. The van der Waals surface area contributed by atoms with Crippen LogP contribution < -0.4 is 5.32 Å². The molecule has 1 aliphatic rings. The molecule has 0 unspecified atom stereocenters. The van der Waals surface area contributed by atoms with Crippen LogP contribution in [-0.4, -0.2) is 41.0 Å². The maximum absolute atomic E-state index is 12.2. The summed E-state index contributed by atoms with van der Waals surface area (Å²) in [5.74, 6) is -0.250. The number of nitrogens with zero attached hydrogens (tertiary/aromatic N) is 2. The molecule has 4 nitrogen and oxygen atoms in total. The monoisotopic (exact) mass is 315 g/mol. The fourth-order valence-electron chi connectivity index (χ4n) is 2.39. The summed E-state index contributed by atoms with van der Waals surface area (Å²) in [4.78, 5) is 18.6. The van der Waals surface area contributed by atoms with Crippen LogP contribution >= 0.6 is 23.2 Å². The molecule has 0 spiro atoms. The van der Waals surface area contributed by atoms with E-state index in [1.807, 2.05) is 0 Å². The second kappa shape index (κ2) is 6.74. The summed E-state index contributed by atoms with van der Waals surface area (Å²) in [5.41, 5.74) is 0.199. The van der Waals surface area contributed by atoms with Crippen LogP contribution in [0.4, 0.5) is 0 Å². The molecule has 1 saturated heterocycles. The van der Waals surface area contributed by atoms with Gasteiger partial charge in [-0.1, -0.05) is 23.2 Å². The Labute approximate surface area is 129 Å². The number of aromatic nitrogens is 1. The first-order valence-corrected chi connectivity index (χ1v) is 7.60. The van der Waals surface area contributed by atoms with E-state index in [4.69, 9.17) is 23.2 Å². The number of rotatable bonds is 3. The zero-order chi connectivity index (χ0) is 14.7. The van der Waals surface area contributed by atoms with Crippen molar-refractivity contribution in [3.05, 3.63) is 28.0 Å². The number of carbonyl (C=O) groups is 1. The predicted octanol–water partition coefficient (Wildman–Crippen LogP) is 2.99. The second-order valence-corrected chi connectivity index (χ2v) is 6.14. The van der Waals surface area contributed by atoms with Gasteiger partial charge in [0.15, 0.2) is 0 Å². The quantitative estimate of drug-likeness (QED) is 0.872. The van der Waals surface area contributed by atoms with Gasteiger partial charge in [-0.25, -0.2) is 4.98 Å². The number of carbonyl (C=O) groups excluding carboxylic acids is 1. The fourth-order valence-corrected chi connectivity index (χ4v) is 2.73. The van der Waals surface area contributed by atoms with E-state index in [2.05, 4.69) is 29.0 Å². The largest absolute Gasteiger partial charge is 0.348 e. The third kappa shape index (κ3) is 3.84. The average molecular weight is 316 g/mol. The van der Waals surface area contributed by atoms with E-state index in [-0.39, 0.29) is 22.8 Å². The summed E-state index contributed by atoms with van der Waals surface area (Å²) in [6.45, 7) is 6.38. The Kier molecular flexibility index (Phi) is 5.24. The Morgan fingerprint density at radius 3 is 2.60 bits per heavy atom. The number of amides is 1. The lowest BCUT2D eigenvalue weighted by Crippen LogP contribution is -2.46. The summed E-state index contributed by atoms with van der Waals surface area (Å²) in [6.07, 6.45) is 1.89. The zero-order valence-electron chi connectivity index (χ0n) is 11.7. The van der Waals surface area contributed by atoms with Crippen molar-refractivity contribution < 1.29 is 4.79 Å². The molecule has 1 fully saturated rings. The molecule has 2 heterocycles. The van der Waals surface area contributed by atoms with Crippen molar-refractivity contribution in [3.63, 3.8) is 0 Å². The van der Waals surface area contributed by atoms with Gasteiger partial charge in [-0.3, -0.25) is 4.79 Å². The number of nitrogens with one attached hydrogen (secondary N) is 1. The molecule has 110 valence electrons. The van der Waals surface area contributed by atoms with Gasteiger partial charge in [-0.2, -0.15) is 0 Å². The number of hydrogen-bond donors (Lipinski definition) is 1. The van der Waals surface area contributed by atoms with Crippen LogP contribution in [0.1, 0.15) is 37.2 Å². The van der Waals surface area contributed by atoms with Crippen LogP contribution in [0, 0.1) is 0 Å². The molecule has 1 N–H and O–H groups in total. The third-order valence-corrected chi connectivity index (χ3v) is 4.14. The van der Waals surface area contributed by atoms with E-state index >= 15 is 0 Å². The van der Waals surface area contributed by atoms with Gasteiger partial charge in [0.25, 0.3) is 5.91 Å². The number of hydrogen-bond acceptors (Lipinski definition) is 3. The summed E-state index contributed by atoms with van der Waals surface area (Å²) in [7, 11) is 0. The minimum atomic E-state index is -0.250. The Balaban J connectivity index is 1.94. The minimum absolute atomic E-state index is 0.175. The van der Waals surface area contributed by atoms with Gasteiger partial charge in [-0.05, 0) is 38.8 Å². The van der Waals surface area contributed by atoms with Crippen LogP contribution in [0.25, 0.3) is 0 Å². The molecule has 1 aromatic heterocycles. The Bertz CT molecular complexity index is 485. The maximum atomic E-state index is 12.2. The van der Waals surface area contributed by atoms with Gasteiger partial charge in [0.2, 0.25) is 0 Å². The SMILES string of the molecule is CC(C)N1CCC(NC(=O)c2nc(Cl)ccc2Cl)CC1. The van der Waals surface area contributed by atoms with E-state index in [1.165, 1.54) is 0 Å². The van der Waals surface area contributed by atoms with Gasteiger partial charge in [0, 0.05) is 25.2 Å². The van der Waals surface area contributed by atoms with Crippen molar-refractivity contribution in [2.75, 3.05) is 13.1 Å². The lowest BCUT2D eigenvalue weighted by Gasteiger charge is -2.34. The molecule has 0 aliphatic carbocycles. The van der Waals surface area contributed by atoms with Crippen molar-refractivity contribution in [1.29, 1.82) is 0 Å². The van der Waals surface area contributed by atoms with Crippen LogP contribution in [0.2, 0.25) is 10.2 Å². The van der Waals surface area contributed by atoms with E-state index in [0.717, 1.165) is 25.9 Å². The molecule has 0 aromatic carbocycles. The topological polar surface area (TPSA) is 45.2 Å². The molecule has 0 atom stereocenters. The molecular formula is C14H19Cl2N3O. The van der Waals surface area contributed by atoms with Crippen molar-refractivity contribution in [2.45, 2.75) is 38.8 Å². The summed E-state index contributed by atoms with van der Waals surface area (Å²) >= 11 is 11.8.